The molecule has 26 heavy (non-hydrogen) atoms. The van der Waals surface area contributed by atoms with Gasteiger partial charge in [0.05, 0.1) is 6.54 Å². The number of benzene rings is 1. The summed E-state index contributed by atoms with van der Waals surface area (Å²) in [5.74, 6) is -2.23. The van der Waals surface area contributed by atoms with Crippen LogP contribution in [-0.4, -0.2) is 51.5 Å². The number of likely N-dealkylation sites (N-methyl/N-ethyl adjacent to an activating group) is 1. The molecule has 1 atom stereocenters. The van der Waals surface area contributed by atoms with E-state index in [1.165, 1.54) is 22.3 Å². The van der Waals surface area contributed by atoms with Crippen LogP contribution in [0.5, 0.6) is 0 Å². The first-order chi connectivity index (χ1) is 12.4. The van der Waals surface area contributed by atoms with Gasteiger partial charge >= 0.3 is 0 Å². The smallest absolute Gasteiger partial charge is 0.256 e. The molecule has 3 rings (SSSR count). The Morgan fingerprint density at radius 1 is 1.38 bits per heavy atom. The molecular weight excluding hydrogens is 360 g/mol. The van der Waals surface area contributed by atoms with Crippen LogP contribution in [0.1, 0.15) is 23.4 Å². The van der Waals surface area contributed by atoms with Gasteiger partial charge in [-0.3, -0.25) is 9.69 Å². The SMILES string of the molecule is CN(Cc1nccs1)C[C@]1(O)CCCN(Cc2ccc(F)c(F)c2)C1=O. The third-order valence-corrected chi connectivity index (χ3v) is 5.25. The predicted molar refractivity (Wildman–Crippen MR) is 94.4 cm³/mol. The molecule has 1 saturated heterocycles. The molecule has 5 nitrogen and oxygen atoms in total. The summed E-state index contributed by atoms with van der Waals surface area (Å²) < 4.78 is 26.5. The Kier molecular flexibility index (Phi) is 5.64. The van der Waals surface area contributed by atoms with E-state index in [9.17, 15) is 18.7 Å². The van der Waals surface area contributed by atoms with E-state index >= 15 is 0 Å². The van der Waals surface area contributed by atoms with Crippen LogP contribution in [0.15, 0.2) is 29.8 Å². The van der Waals surface area contributed by atoms with E-state index in [2.05, 4.69) is 4.98 Å². The van der Waals surface area contributed by atoms with E-state index < -0.39 is 17.2 Å². The second-order valence-electron chi connectivity index (χ2n) is 6.71. The van der Waals surface area contributed by atoms with E-state index in [0.29, 0.717) is 31.5 Å². The molecule has 1 aliphatic rings. The summed E-state index contributed by atoms with van der Waals surface area (Å²) >= 11 is 1.52. The summed E-state index contributed by atoms with van der Waals surface area (Å²) in [5, 5.41) is 13.7. The Morgan fingerprint density at radius 2 is 2.19 bits per heavy atom. The van der Waals surface area contributed by atoms with Crippen LogP contribution in [0.3, 0.4) is 0 Å². The average Bonchev–Trinajstić information content (AvgIpc) is 3.08. The maximum absolute atomic E-state index is 13.4. The van der Waals surface area contributed by atoms with Crippen molar-refractivity contribution in [2.75, 3.05) is 20.1 Å². The standard InChI is InChI=1S/C18H21F2N3O2S/c1-22(11-16-21-6-8-26-16)12-18(25)5-2-7-23(17(18)24)10-13-3-4-14(19)15(20)9-13/h3-4,6,8-9,25H,2,5,7,10-12H2,1H3/t18-/m1/s1. The minimum atomic E-state index is -1.48. The Balaban J connectivity index is 1.66. The number of likely N-dealkylation sites (tertiary alicyclic amines) is 1. The second kappa shape index (κ2) is 7.77. The van der Waals surface area contributed by atoms with Gasteiger partial charge in [-0.1, -0.05) is 6.07 Å². The van der Waals surface area contributed by atoms with E-state index in [0.717, 1.165) is 17.1 Å². The van der Waals surface area contributed by atoms with Crippen LogP contribution in [-0.2, 0) is 17.9 Å². The van der Waals surface area contributed by atoms with E-state index in [1.54, 1.807) is 6.20 Å². The topological polar surface area (TPSA) is 56.7 Å². The van der Waals surface area contributed by atoms with Gasteiger partial charge in [-0.2, -0.15) is 0 Å². The van der Waals surface area contributed by atoms with Gasteiger partial charge in [0.1, 0.15) is 5.01 Å². The number of rotatable bonds is 6. The fourth-order valence-corrected chi connectivity index (χ4v) is 3.98. The average molecular weight is 381 g/mol. The number of nitrogens with zero attached hydrogens (tertiary/aromatic N) is 3. The Morgan fingerprint density at radius 3 is 2.88 bits per heavy atom. The number of aromatic nitrogens is 1. The third-order valence-electron chi connectivity index (χ3n) is 4.48. The highest BCUT2D eigenvalue weighted by atomic mass is 32.1. The zero-order chi connectivity index (χ0) is 18.7. The fraction of sp³-hybridized carbons (Fsp3) is 0.444. The lowest BCUT2D eigenvalue weighted by molar-refractivity contribution is -0.160. The van der Waals surface area contributed by atoms with Gasteiger partial charge in [0.15, 0.2) is 17.2 Å². The Labute approximate surface area is 154 Å². The van der Waals surface area contributed by atoms with Gasteiger partial charge in [0.25, 0.3) is 5.91 Å². The number of amides is 1. The zero-order valence-corrected chi connectivity index (χ0v) is 15.3. The molecule has 0 aliphatic carbocycles. The largest absolute Gasteiger partial charge is 0.379 e. The number of halogens is 2. The quantitative estimate of drug-likeness (QED) is 0.835. The summed E-state index contributed by atoms with van der Waals surface area (Å²) in [6.45, 7) is 1.38. The molecule has 1 amide bonds. The number of thiazole rings is 1. The summed E-state index contributed by atoms with van der Waals surface area (Å²) in [7, 11) is 1.83. The van der Waals surface area contributed by atoms with Crippen molar-refractivity contribution < 1.29 is 18.7 Å². The molecule has 1 aromatic carbocycles. The number of aliphatic hydroxyl groups is 1. The lowest BCUT2D eigenvalue weighted by atomic mass is 9.91. The molecule has 1 aliphatic heterocycles. The van der Waals surface area contributed by atoms with Crippen molar-refractivity contribution in [1.82, 2.24) is 14.8 Å². The minimum Gasteiger partial charge on any atom is -0.379 e. The van der Waals surface area contributed by atoms with Crippen LogP contribution in [0.2, 0.25) is 0 Å². The Hall–Kier alpha value is -1.90. The fourth-order valence-electron chi connectivity index (χ4n) is 3.29. The van der Waals surface area contributed by atoms with Gasteiger partial charge < -0.3 is 10.0 Å². The van der Waals surface area contributed by atoms with Crippen LogP contribution >= 0.6 is 11.3 Å². The van der Waals surface area contributed by atoms with Gasteiger partial charge in [-0.05, 0) is 37.6 Å². The Bertz CT molecular complexity index is 772. The first kappa shape index (κ1) is 18.9. The number of hydrogen-bond acceptors (Lipinski definition) is 5. The van der Waals surface area contributed by atoms with E-state index in [1.807, 2.05) is 17.3 Å². The molecule has 2 aromatic rings. The highest BCUT2D eigenvalue weighted by Crippen LogP contribution is 2.26. The number of hydrogen-bond donors (Lipinski definition) is 1. The van der Waals surface area contributed by atoms with Crippen molar-refractivity contribution in [2.45, 2.75) is 31.5 Å². The summed E-state index contributed by atoms with van der Waals surface area (Å²) in [4.78, 5) is 20.4. The van der Waals surface area contributed by atoms with Crippen molar-refractivity contribution in [2.24, 2.45) is 0 Å². The number of carbonyl (C=O) groups is 1. The summed E-state index contributed by atoms with van der Waals surface area (Å²) in [6.07, 6.45) is 2.75. The number of carbonyl (C=O) groups excluding carboxylic acids is 1. The van der Waals surface area contributed by atoms with Crippen molar-refractivity contribution in [1.29, 1.82) is 0 Å². The van der Waals surface area contributed by atoms with Crippen molar-refractivity contribution >= 4 is 17.2 Å². The molecule has 0 unspecified atom stereocenters. The number of piperidine rings is 1. The lowest BCUT2D eigenvalue weighted by Gasteiger charge is -2.40. The van der Waals surface area contributed by atoms with Crippen molar-refractivity contribution in [3.8, 4) is 0 Å². The monoisotopic (exact) mass is 381 g/mol. The zero-order valence-electron chi connectivity index (χ0n) is 14.5. The molecule has 8 heteroatoms. The van der Waals surface area contributed by atoms with Gasteiger partial charge in [-0.15, -0.1) is 11.3 Å². The third kappa shape index (κ3) is 4.25. The molecular formula is C18H21F2N3O2S. The highest BCUT2D eigenvalue weighted by molar-refractivity contribution is 7.09. The molecule has 0 spiro atoms. The minimum absolute atomic E-state index is 0.147. The van der Waals surface area contributed by atoms with E-state index in [4.69, 9.17) is 0 Å². The molecule has 140 valence electrons. The molecule has 1 N–H and O–H groups in total. The normalized spacial score (nSPS) is 20.8. The summed E-state index contributed by atoms with van der Waals surface area (Å²) in [6, 6.07) is 3.59. The van der Waals surface area contributed by atoms with Crippen LogP contribution in [0.4, 0.5) is 8.78 Å². The summed E-state index contributed by atoms with van der Waals surface area (Å²) in [5.41, 5.74) is -0.985. The van der Waals surface area contributed by atoms with Crippen LogP contribution in [0, 0.1) is 11.6 Å². The van der Waals surface area contributed by atoms with Crippen LogP contribution < -0.4 is 0 Å². The molecule has 1 aromatic heterocycles. The lowest BCUT2D eigenvalue weighted by Crippen LogP contribution is -2.57. The maximum Gasteiger partial charge on any atom is 0.256 e. The molecule has 0 saturated carbocycles. The first-order valence-electron chi connectivity index (χ1n) is 8.40. The van der Waals surface area contributed by atoms with Crippen molar-refractivity contribution in [3.63, 3.8) is 0 Å². The molecule has 1 fully saturated rings. The van der Waals surface area contributed by atoms with E-state index in [-0.39, 0.29) is 19.0 Å². The van der Waals surface area contributed by atoms with Gasteiger partial charge in [0.2, 0.25) is 0 Å². The second-order valence-corrected chi connectivity index (χ2v) is 7.69. The predicted octanol–water partition coefficient (Wildman–Crippen LogP) is 2.41. The first-order valence-corrected chi connectivity index (χ1v) is 9.28. The maximum atomic E-state index is 13.4. The van der Waals surface area contributed by atoms with Gasteiger partial charge in [0, 0.05) is 31.2 Å². The van der Waals surface area contributed by atoms with Crippen LogP contribution in [0.25, 0.3) is 0 Å². The molecule has 0 bridgehead atoms. The molecule has 0 radical (unpaired) electrons. The van der Waals surface area contributed by atoms with Gasteiger partial charge in [-0.25, -0.2) is 13.8 Å². The molecule has 2 heterocycles. The van der Waals surface area contributed by atoms with Crippen molar-refractivity contribution in [3.05, 3.63) is 52.0 Å². The highest BCUT2D eigenvalue weighted by Gasteiger charge is 2.42.